The zero-order chi connectivity index (χ0) is 16.3. The number of halogens is 1. The van der Waals surface area contributed by atoms with Crippen LogP contribution in [0.1, 0.15) is 24.2 Å². The monoisotopic (exact) mass is 363 g/mol. The number of nitrogens with one attached hydrogen (secondary N) is 1. The first-order valence-corrected chi connectivity index (χ1v) is 7.81. The SMILES string of the molecule is COC(=O)C(NC(=O)c1ccc2ccccc2c1Br)C(C)C. The Morgan fingerprint density at radius 1 is 1.14 bits per heavy atom. The molecule has 116 valence electrons. The van der Waals surface area contributed by atoms with Gasteiger partial charge in [-0.25, -0.2) is 4.79 Å². The molecule has 0 bridgehead atoms. The van der Waals surface area contributed by atoms with Crippen LogP contribution in [0.2, 0.25) is 0 Å². The van der Waals surface area contributed by atoms with Crippen LogP contribution in [0, 0.1) is 5.92 Å². The number of hydrogen-bond donors (Lipinski definition) is 1. The number of rotatable bonds is 4. The molecule has 2 rings (SSSR count). The van der Waals surface area contributed by atoms with Crippen LogP contribution in [0.15, 0.2) is 40.9 Å². The van der Waals surface area contributed by atoms with E-state index >= 15 is 0 Å². The van der Waals surface area contributed by atoms with Crippen molar-refractivity contribution in [2.24, 2.45) is 5.92 Å². The molecule has 1 unspecified atom stereocenters. The molecule has 4 nitrogen and oxygen atoms in total. The highest BCUT2D eigenvalue weighted by molar-refractivity contribution is 9.10. The van der Waals surface area contributed by atoms with Crippen molar-refractivity contribution in [3.8, 4) is 0 Å². The lowest BCUT2D eigenvalue weighted by Gasteiger charge is -2.20. The third kappa shape index (κ3) is 3.30. The van der Waals surface area contributed by atoms with E-state index in [0.717, 1.165) is 15.2 Å². The van der Waals surface area contributed by atoms with Gasteiger partial charge in [0.05, 0.1) is 12.7 Å². The van der Waals surface area contributed by atoms with Crippen LogP contribution >= 0.6 is 15.9 Å². The average molecular weight is 364 g/mol. The third-order valence-corrected chi connectivity index (χ3v) is 4.37. The van der Waals surface area contributed by atoms with Crippen LogP contribution in [0.5, 0.6) is 0 Å². The Bertz CT molecular complexity index is 712. The van der Waals surface area contributed by atoms with Crippen LogP contribution in [0.4, 0.5) is 0 Å². The molecule has 0 radical (unpaired) electrons. The summed E-state index contributed by atoms with van der Waals surface area (Å²) in [6.07, 6.45) is 0. The van der Waals surface area contributed by atoms with Crippen LogP contribution in [0.3, 0.4) is 0 Å². The number of fused-ring (bicyclic) bond motifs is 1. The second-order valence-corrected chi connectivity index (χ2v) is 6.16. The summed E-state index contributed by atoms with van der Waals surface area (Å²) in [7, 11) is 1.32. The minimum Gasteiger partial charge on any atom is -0.467 e. The highest BCUT2D eigenvalue weighted by Crippen LogP contribution is 2.27. The number of benzene rings is 2. The van der Waals surface area contributed by atoms with E-state index in [4.69, 9.17) is 4.74 Å². The highest BCUT2D eigenvalue weighted by atomic mass is 79.9. The molecule has 1 amide bonds. The Morgan fingerprint density at radius 3 is 2.45 bits per heavy atom. The molecule has 0 heterocycles. The Hall–Kier alpha value is -1.88. The Labute approximate surface area is 138 Å². The van der Waals surface area contributed by atoms with E-state index in [1.54, 1.807) is 6.07 Å². The Morgan fingerprint density at radius 2 is 1.82 bits per heavy atom. The summed E-state index contributed by atoms with van der Waals surface area (Å²) < 4.78 is 5.46. The fourth-order valence-electron chi connectivity index (χ4n) is 2.25. The zero-order valence-electron chi connectivity index (χ0n) is 12.7. The smallest absolute Gasteiger partial charge is 0.328 e. The summed E-state index contributed by atoms with van der Waals surface area (Å²) in [6.45, 7) is 3.72. The number of carbonyl (C=O) groups is 2. The van der Waals surface area contributed by atoms with Crippen molar-refractivity contribution >= 4 is 38.6 Å². The van der Waals surface area contributed by atoms with Crippen LogP contribution < -0.4 is 5.32 Å². The maximum absolute atomic E-state index is 12.5. The lowest BCUT2D eigenvalue weighted by Crippen LogP contribution is -2.45. The number of esters is 1. The molecule has 2 aromatic rings. The maximum atomic E-state index is 12.5. The first kappa shape index (κ1) is 16.5. The molecular formula is C17H18BrNO3. The van der Waals surface area contributed by atoms with Gasteiger partial charge in [-0.05, 0) is 38.7 Å². The van der Waals surface area contributed by atoms with E-state index in [1.807, 2.05) is 44.2 Å². The van der Waals surface area contributed by atoms with Gasteiger partial charge in [-0.3, -0.25) is 4.79 Å². The second kappa shape index (κ2) is 6.92. The standard InChI is InChI=1S/C17H18BrNO3/c1-10(2)15(17(21)22-3)19-16(20)13-9-8-11-6-4-5-7-12(11)14(13)18/h4-10,15H,1-3H3,(H,19,20). The Balaban J connectivity index is 2.33. The molecule has 0 spiro atoms. The zero-order valence-corrected chi connectivity index (χ0v) is 14.3. The summed E-state index contributed by atoms with van der Waals surface area (Å²) >= 11 is 3.49. The fraction of sp³-hybridized carbons (Fsp3) is 0.294. The van der Waals surface area contributed by atoms with Crippen molar-refractivity contribution in [1.29, 1.82) is 0 Å². The minimum atomic E-state index is -0.670. The molecule has 0 saturated heterocycles. The van der Waals surface area contributed by atoms with Crippen molar-refractivity contribution < 1.29 is 14.3 Å². The number of amides is 1. The highest BCUT2D eigenvalue weighted by Gasteiger charge is 2.26. The van der Waals surface area contributed by atoms with Crippen molar-refractivity contribution in [2.75, 3.05) is 7.11 Å². The molecule has 22 heavy (non-hydrogen) atoms. The van der Waals surface area contributed by atoms with E-state index in [2.05, 4.69) is 21.2 Å². The van der Waals surface area contributed by atoms with Crippen molar-refractivity contribution in [1.82, 2.24) is 5.32 Å². The van der Waals surface area contributed by atoms with Crippen molar-refractivity contribution in [3.05, 3.63) is 46.4 Å². The van der Waals surface area contributed by atoms with Gasteiger partial charge >= 0.3 is 5.97 Å². The number of methoxy groups -OCH3 is 1. The van der Waals surface area contributed by atoms with Gasteiger partial charge in [-0.15, -0.1) is 0 Å². The lowest BCUT2D eigenvalue weighted by molar-refractivity contribution is -0.144. The van der Waals surface area contributed by atoms with Crippen LogP contribution in [0.25, 0.3) is 10.8 Å². The van der Waals surface area contributed by atoms with E-state index in [0.29, 0.717) is 5.56 Å². The molecule has 0 saturated carbocycles. The van der Waals surface area contributed by atoms with Gasteiger partial charge < -0.3 is 10.1 Å². The van der Waals surface area contributed by atoms with Crippen LogP contribution in [-0.2, 0) is 9.53 Å². The normalized spacial score (nSPS) is 12.2. The second-order valence-electron chi connectivity index (χ2n) is 5.37. The molecule has 1 N–H and O–H groups in total. The molecule has 0 aliphatic heterocycles. The van der Waals surface area contributed by atoms with Crippen molar-refractivity contribution in [3.63, 3.8) is 0 Å². The summed E-state index contributed by atoms with van der Waals surface area (Å²) in [5.41, 5.74) is 0.494. The molecule has 0 aromatic heterocycles. The topological polar surface area (TPSA) is 55.4 Å². The van der Waals surface area contributed by atoms with Gasteiger partial charge in [-0.1, -0.05) is 44.2 Å². The summed E-state index contributed by atoms with van der Waals surface area (Å²) in [6, 6.07) is 10.7. The molecule has 0 fully saturated rings. The summed E-state index contributed by atoms with van der Waals surface area (Å²) in [5.74, 6) is -0.808. The Kier molecular flexibility index (Phi) is 5.19. The van der Waals surface area contributed by atoms with Crippen molar-refractivity contribution in [2.45, 2.75) is 19.9 Å². The first-order valence-electron chi connectivity index (χ1n) is 7.01. The van der Waals surface area contributed by atoms with E-state index in [-0.39, 0.29) is 11.8 Å². The molecule has 0 aliphatic carbocycles. The number of hydrogen-bond acceptors (Lipinski definition) is 3. The van der Waals surface area contributed by atoms with E-state index < -0.39 is 12.0 Å². The van der Waals surface area contributed by atoms with E-state index in [1.165, 1.54) is 7.11 Å². The quantitative estimate of drug-likeness (QED) is 0.845. The van der Waals surface area contributed by atoms with Gasteiger partial charge in [0.2, 0.25) is 0 Å². The van der Waals surface area contributed by atoms with Crippen LogP contribution in [-0.4, -0.2) is 25.0 Å². The molecule has 1 atom stereocenters. The molecule has 0 aliphatic rings. The largest absolute Gasteiger partial charge is 0.467 e. The van der Waals surface area contributed by atoms with E-state index in [9.17, 15) is 9.59 Å². The lowest BCUT2D eigenvalue weighted by atomic mass is 10.0. The first-order chi connectivity index (χ1) is 10.5. The minimum absolute atomic E-state index is 0.0596. The number of ether oxygens (including phenoxy) is 1. The van der Waals surface area contributed by atoms with Gasteiger partial charge in [0, 0.05) is 4.47 Å². The predicted molar refractivity (Wildman–Crippen MR) is 89.8 cm³/mol. The van der Waals surface area contributed by atoms with Gasteiger partial charge in [-0.2, -0.15) is 0 Å². The number of carbonyl (C=O) groups excluding carboxylic acids is 2. The van der Waals surface area contributed by atoms with Gasteiger partial charge in [0.25, 0.3) is 5.91 Å². The predicted octanol–water partition coefficient (Wildman–Crippen LogP) is 3.53. The third-order valence-electron chi connectivity index (χ3n) is 3.52. The fourth-order valence-corrected chi connectivity index (χ4v) is 2.93. The van der Waals surface area contributed by atoms with Gasteiger partial charge in [0.1, 0.15) is 6.04 Å². The molecule has 2 aromatic carbocycles. The average Bonchev–Trinajstić information content (AvgIpc) is 2.52. The molecule has 5 heteroatoms. The molecular weight excluding hydrogens is 346 g/mol. The summed E-state index contributed by atoms with van der Waals surface area (Å²) in [5, 5.41) is 4.74. The maximum Gasteiger partial charge on any atom is 0.328 e. The van der Waals surface area contributed by atoms with Gasteiger partial charge in [0.15, 0.2) is 0 Å². The summed E-state index contributed by atoms with van der Waals surface area (Å²) in [4.78, 5) is 24.3.